The molecular formula is C16H19N5O2S. The fraction of sp³-hybridized carbons (Fsp3) is 0.312. The number of aromatic amines is 1. The molecule has 0 saturated heterocycles. The standard InChI is InChI=1S/C16H19N5O2S/c1-9-15(10(2)21(3)20-9)12-6-13(19-18-12)16(23)17-7-14(22)11-4-5-24-8-11/h4-6,8,14,22H,7H2,1-3H3,(H,17,23)(H,18,19). The maximum atomic E-state index is 12.2. The molecule has 0 aliphatic heterocycles. The van der Waals surface area contributed by atoms with Gasteiger partial charge in [0.25, 0.3) is 5.91 Å². The highest BCUT2D eigenvalue weighted by atomic mass is 32.1. The molecule has 7 nitrogen and oxygen atoms in total. The zero-order valence-electron chi connectivity index (χ0n) is 13.7. The number of rotatable bonds is 5. The van der Waals surface area contributed by atoms with Crippen LogP contribution >= 0.6 is 11.3 Å². The van der Waals surface area contributed by atoms with E-state index in [-0.39, 0.29) is 12.5 Å². The molecule has 1 unspecified atom stereocenters. The SMILES string of the molecule is Cc1nn(C)c(C)c1-c1cc(C(=O)NCC(O)c2ccsc2)[nH]n1. The summed E-state index contributed by atoms with van der Waals surface area (Å²) in [6.45, 7) is 4.02. The van der Waals surface area contributed by atoms with Gasteiger partial charge in [0.2, 0.25) is 0 Å². The normalized spacial score (nSPS) is 12.3. The molecule has 0 aromatic carbocycles. The van der Waals surface area contributed by atoms with E-state index in [9.17, 15) is 9.90 Å². The number of carbonyl (C=O) groups excluding carboxylic acids is 1. The molecule has 0 radical (unpaired) electrons. The molecule has 24 heavy (non-hydrogen) atoms. The maximum Gasteiger partial charge on any atom is 0.269 e. The highest BCUT2D eigenvalue weighted by Crippen LogP contribution is 2.25. The summed E-state index contributed by atoms with van der Waals surface area (Å²) in [6, 6.07) is 3.53. The van der Waals surface area contributed by atoms with E-state index < -0.39 is 6.10 Å². The van der Waals surface area contributed by atoms with E-state index >= 15 is 0 Å². The third-order valence-corrected chi connectivity index (χ3v) is 4.67. The van der Waals surface area contributed by atoms with Crippen molar-refractivity contribution in [2.24, 2.45) is 7.05 Å². The number of aryl methyl sites for hydroxylation is 2. The Hall–Kier alpha value is -2.45. The Morgan fingerprint density at radius 1 is 1.50 bits per heavy atom. The largest absolute Gasteiger partial charge is 0.387 e. The first-order valence-electron chi connectivity index (χ1n) is 7.51. The molecule has 3 heterocycles. The molecule has 3 rings (SSSR count). The van der Waals surface area contributed by atoms with Crippen LogP contribution in [0.4, 0.5) is 0 Å². The summed E-state index contributed by atoms with van der Waals surface area (Å²) in [5.74, 6) is -0.303. The molecule has 0 aliphatic carbocycles. The topological polar surface area (TPSA) is 95.8 Å². The van der Waals surface area contributed by atoms with Crippen molar-refractivity contribution in [3.63, 3.8) is 0 Å². The van der Waals surface area contributed by atoms with E-state index in [1.165, 1.54) is 11.3 Å². The number of nitrogens with zero attached hydrogens (tertiary/aromatic N) is 3. The quantitative estimate of drug-likeness (QED) is 0.658. The minimum Gasteiger partial charge on any atom is -0.387 e. The highest BCUT2D eigenvalue weighted by molar-refractivity contribution is 7.07. The molecule has 126 valence electrons. The summed E-state index contributed by atoms with van der Waals surface area (Å²) in [4.78, 5) is 12.2. The molecule has 1 atom stereocenters. The second-order valence-electron chi connectivity index (χ2n) is 5.62. The summed E-state index contributed by atoms with van der Waals surface area (Å²) < 4.78 is 1.79. The van der Waals surface area contributed by atoms with Crippen molar-refractivity contribution in [1.29, 1.82) is 0 Å². The van der Waals surface area contributed by atoms with Crippen molar-refractivity contribution < 1.29 is 9.90 Å². The summed E-state index contributed by atoms with van der Waals surface area (Å²) >= 11 is 1.51. The first-order valence-corrected chi connectivity index (χ1v) is 8.46. The van der Waals surface area contributed by atoms with Crippen molar-refractivity contribution in [2.75, 3.05) is 6.54 Å². The average molecular weight is 345 g/mol. The van der Waals surface area contributed by atoms with Crippen LogP contribution in [0.3, 0.4) is 0 Å². The van der Waals surface area contributed by atoms with Crippen molar-refractivity contribution in [3.8, 4) is 11.3 Å². The summed E-state index contributed by atoms with van der Waals surface area (Å²) in [5, 5.41) is 27.8. The van der Waals surface area contributed by atoms with Crippen LogP contribution in [0.25, 0.3) is 11.3 Å². The van der Waals surface area contributed by atoms with Crippen LogP contribution in [0.15, 0.2) is 22.9 Å². The highest BCUT2D eigenvalue weighted by Gasteiger charge is 2.18. The third-order valence-electron chi connectivity index (χ3n) is 3.97. The summed E-state index contributed by atoms with van der Waals surface area (Å²) in [5.41, 5.74) is 4.60. The number of H-pyrrole nitrogens is 1. The van der Waals surface area contributed by atoms with Gasteiger partial charge in [-0.1, -0.05) is 0 Å². The van der Waals surface area contributed by atoms with Crippen LogP contribution in [-0.4, -0.2) is 37.5 Å². The minimum atomic E-state index is -0.717. The van der Waals surface area contributed by atoms with Gasteiger partial charge in [0, 0.05) is 24.8 Å². The Labute approximate surface area is 143 Å². The molecule has 0 saturated carbocycles. The van der Waals surface area contributed by atoms with Gasteiger partial charge in [0.15, 0.2) is 0 Å². The van der Waals surface area contributed by atoms with E-state index in [0.29, 0.717) is 11.4 Å². The lowest BCUT2D eigenvalue weighted by Crippen LogP contribution is -2.28. The van der Waals surface area contributed by atoms with Crippen LogP contribution < -0.4 is 5.32 Å². The van der Waals surface area contributed by atoms with Crippen LogP contribution in [0, 0.1) is 13.8 Å². The van der Waals surface area contributed by atoms with Crippen molar-refractivity contribution >= 4 is 17.2 Å². The lowest BCUT2D eigenvalue weighted by atomic mass is 10.1. The first-order chi connectivity index (χ1) is 11.5. The van der Waals surface area contributed by atoms with Gasteiger partial charge in [-0.3, -0.25) is 14.6 Å². The number of thiophene rings is 1. The Morgan fingerprint density at radius 3 is 2.92 bits per heavy atom. The van der Waals surface area contributed by atoms with E-state index in [2.05, 4.69) is 20.6 Å². The Balaban J connectivity index is 1.70. The first kappa shape index (κ1) is 16.4. The lowest BCUT2D eigenvalue weighted by Gasteiger charge is -2.09. The van der Waals surface area contributed by atoms with Crippen LogP contribution in [0.5, 0.6) is 0 Å². The van der Waals surface area contributed by atoms with Crippen LogP contribution in [0.1, 0.15) is 33.5 Å². The van der Waals surface area contributed by atoms with Crippen molar-refractivity contribution in [3.05, 3.63) is 45.5 Å². The number of aliphatic hydroxyl groups excluding tert-OH is 1. The van der Waals surface area contributed by atoms with E-state index in [1.54, 1.807) is 10.7 Å². The van der Waals surface area contributed by atoms with Crippen molar-refractivity contribution in [2.45, 2.75) is 20.0 Å². The summed E-state index contributed by atoms with van der Waals surface area (Å²) in [7, 11) is 1.87. The summed E-state index contributed by atoms with van der Waals surface area (Å²) in [6.07, 6.45) is -0.717. The fourth-order valence-corrected chi connectivity index (χ4v) is 3.28. The second-order valence-corrected chi connectivity index (χ2v) is 6.40. The number of amides is 1. The zero-order chi connectivity index (χ0) is 17.3. The lowest BCUT2D eigenvalue weighted by molar-refractivity contribution is 0.0911. The van der Waals surface area contributed by atoms with Gasteiger partial charge in [0.05, 0.1) is 17.5 Å². The molecule has 0 fully saturated rings. The molecule has 0 aliphatic rings. The van der Waals surface area contributed by atoms with E-state index in [1.807, 2.05) is 37.7 Å². The molecule has 8 heteroatoms. The van der Waals surface area contributed by atoms with Crippen molar-refractivity contribution in [1.82, 2.24) is 25.3 Å². The van der Waals surface area contributed by atoms with Gasteiger partial charge < -0.3 is 10.4 Å². The monoisotopic (exact) mass is 345 g/mol. The van der Waals surface area contributed by atoms with E-state index in [4.69, 9.17) is 0 Å². The predicted molar refractivity (Wildman–Crippen MR) is 91.9 cm³/mol. The van der Waals surface area contributed by atoms with Crippen LogP contribution in [0.2, 0.25) is 0 Å². The van der Waals surface area contributed by atoms with Gasteiger partial charge in [-0.15, -0.1) is 0 Å². The zero-order valence-corrected chi connectivity index (χ0v) is 14.5. The molecule has 3 N–H and O–H groups in total. The number of hydrogen-bond acceptors (Lipinski definition) is 5. The number of aromatic nitrogens is 4. The van der Waals surface area contributed by atoms with Gasteiger partial charge in [-0.25, -0.2) is 0 Å². The molecule has 3 aromatic heterocycles. The van der Waals surface area contributed by atoms with Gasteiger partial charge in [0.1, 0.15) is 5.69 Å². The molecule has 0 bridgehead atoms. The average Bonchev–Trinajstić information content (AvgIpc) is 3.27. The number of hydrogen-bond donors (Lipinski definition) is 3. The second kappa shape index (κ2) is 6.58. The Bertz CT molecular complexity index is 850. The van der Waals surface area contributed by atoms with Gasteiger partial charge >= 0.3 is 0 Å². The number of carbonyl (C=O) groups is 1. The number of aliphatic hydroxyl groups is 1. The molecular weight excluding hydrogens is 326 g/mol. The fourth-order valence-electron chi connectivity index (χ4n) is 2.58. The van der Waals surface area contributed by atoms with Crippen LogP contribution in [-0.2, 0) is 7.05 Å². The predicted octanol–water partition coefficient (Wildman–Crippen LogP) is 1.95. The minimum absolute atomic E-state index is 0.148. The number of nitrogens with one attached hydrogen (secondary N) is 2. The Kier molecular flexibility index (Phi) is 4.50. The maximum absolute atomic E-state index is 12.2. The molecule has 3 aromatic rings. The third kappa shape index (κ3) is 3.10. The van der Waals surface area contributed by atoms with Gasteiger partial charge in [-0.2, -0.15) is 21.5 Å². The van der Waals surface area contributed by atoms with E-state index in [0.717, 1.165) is 22.5 Å². The molecule has 1 amide bonds. The Morgan fingerprint density at radius 2 is 2.29 bits per heavy atom. The molecule has 0 spiro atoms. The smallest absolute Gasteiger partial charge is 0.269 e. The van der Waals surface area contributed by atoms with Gasteiger partial charge in [-0.05, 0) is 42.3 Å².